The molecular weight excluding hydrogens is 350 g/mol. The Labute approximate surface area is 148 Å². The van der Waals surface area contributed by atoms with E-state index in [1.807, 2.05) is 25.5 Å². The summed E-state index contributed by atoms with van der Waals surface area (Å²) >= 11 is 0. The van der Waals surface area contributed by atoms with Crippen LogP contribution >= 0.6 is 0 Å². The monoisotopic (exact) mass is 369 g/mol. The molecule has 0 spiro atoms. The Morgan fingerprint density at radius 1 is 1.27 bits per heavy atom. The largest absolute Gasteiger partial charge is 0.416 e. The van der Waals surface area contributed by atoms with Crippen LogP contribution in [0.4, 0.5) is 17.6 Å². The van der Waals surface area contributed by atoms with Crippen molar-refractivity contribution in [1.29, 1.82) is 0 Å². The molecule has 4 nitrogen and oxygen atoms in total. The molecule has 3 rings (SSSR count). The lowest BCUT2D eigenvalue weighted by Gasteiger charge is -2.27. The van der Waals surface area contributed by atoms with Crippen molar-refractivity contribution in [2.45, 2.75) is 38.9 Å². The lowest BCUT2D eigenvalue weighted by molar-refractivity contribution is -0.137. The minimum atomic E-state index is -4.63. The fourth-order valence-electron chi connectivity index (χ4n) is 3.27. The van der Waals surface area contributed by atoms with E-state index in [4.69, 9.17) is 0 Å². The van der Waals surface area contributed by atoms with Crippen LogP contribution in [-0.2, 0) is 26.2 Å². The average Bonchev–Trinajstić information content (AvgIpc) is 2.90. The molecule has 0 radical (unpaired) electrons. The molecule has 0 unspecified atom stereocenters. The van der Waals surface area contributed by atoms with E-state index in [1.54, 1.807) is 0 Å². The lowest BCUT2D eigenvalue weighted by atomic mass is 10.1. The molecule has 0 saturated heterocycles. The summed E-state index contributed by atoms with van der Waals surface area (Å²) in [6, 6.07) is 1.89. The standard InChI is InChI=1S/C18H19F4N3O/c1-10(2)16-23-14-9-25(7-6-15(14)24(16)3)17(26)12-8-11(18(20,21)22)4-5-13(12)19/h4-5,8,10H,6-7,9H2,1-3H3. The maximum Gasteiger partial charge on any atom is 0.416 e. The predicted octanol–water partition coefficient (Wildman–Crippen LogP) is 3.90. The summed E-state index contributed by atoms with van der Waals surface area (Å²) in [6.07, 6.45) is -4.11. The highest BCUT2D eigenvalue weighted by Crippen LogP contribution is 2.31. The first-order valence-corrected chi connectivity index (χ1v) is 8.30. The fourth-order valence-corrected chi connectivity index (χ4v) is 3.27. The number of amides is 1. The zero-order valence-electron chi connectivity index (χ0n) is 14.7. The van der Waals surface area contributed by atoms with Gasteiger partial charge in [0, 0.05) is 31.6 Å². The van der Waals surface area contributed by atoms with E-state index >= 15 is 0 Å². The van der Waals surface area contributed by atoms with Gasteiger partial charge in [-0.25, -0.2) is 9.37 Å². The molecule has 8 heteroatoms. The quantitative estimate of drug-likeness (QED) is 0.753. The fraction of sp³-hybridized carbons (Fsp3) is 0.444. The van der Waals surface area contributed by atoms with Gasteiger partial charge in [-0.3, -0.25) is 4.79 Å². The second-order valence-electron chi connectivity index (χ2n) is 6.75. The van der Waals surface area contributed by atoms with Crippen LogP contribution in [0.5, 0.6) is 0 Å². The second kappa shape index (κ2) is 6.41. The molecular formula is C18H19F4N3O. The summed E-state index contributed by atoms with van der Waals surface area (Å²) in [5.41, 5.74) is 0.105. The molecule has 26 heavy (non-hydrogen) atoms. The molecule has 1 aliphatic rings. The lowest BCUT2D eigenvalue weighted by Crippen LogP contribution is -2.37. The zero-order chi connectivity index (χ0) is 19.2. The Morgan fingerprint density at radius 3 is 2.58 bits per heavy atom. The number of aromatic nitrogens is 2. The molecule has 2 aromatic rings. The molecule has 0 bridgehead atoms. The van der Waals surface area contributed by atoms with Gasteiger partial charge < -0.3 is 9.47 Å². The van der Waals surface area contributed by atoms with Crippen LogP contribution in [0.1, 0.15) is 52.9 Å². The number of hydrogen-bond acceptors (Lipinski definition) is 2. The van der Waals surface area contributed by atoms with E-state index in [-0.39, 0.29) is 12.5 Å². The molecule has 1 aliphatic heterocycles. The van der Waals surface area contributed by atoms with Crippen molar-refractivity contribution >= 4 is 5.91 Å². The maximum absolute atomic E-state index is 14.0. The number of carbonyl (C=O) groups excluding carboxylic acids is 1. The van der Waals surface area contributed by atoms with Crippen molar-refractivity contribution in [2.24, 2.45) is 7.05 Å². The Kier molecular flexibility index (Phi) is 4.54. The Morgan fingerprint density at radius 2 is 1.96 bits per heavy atom. The van der Waals surface area contributed by atoms with E-state index in [0.717, 1.165) is 11.5 Å². The summed E-state index contributed by atoms with van der Waals surface area (Å²) < 4.78 is 54.6. The molecule has 0 N–H and O–H groups in total. The highest BCUT2D eigenvalue weighted by molar-refractivity contribution is 5.94. The smallest absolute Gasteiger partial charge is 0.334 e. The van der Waals surface area contributed by atoms with Crippen LogP contribution in [0.15, 0.2) is 18.2 Å². The number of nitrogens with zero attached hydrogens (tertiary/aromatic N) is 3. The Bertz CT molecular complexity index is 855. The summed E-state index contributed by atoms with van der Waals surface area (Å²) in [5, 5.41) is 0. The number of hydrogen-bond donors (Lipinski definition) is 0. The number of carbonyl (C=O) groups is 1. The highest BCUT2D eigenvalue weighted by atomic mass is 19.4. The first kappa shape index (κ1) is 18.4. The third kappa shape index (κ3) is 3.20. The van der Waals surface area contributed by atoms with Crippen molar-refractivity contribution in [3.63, 3.8) is 0 Å². The predicted molar refractivity (Wildman–Crippen MR) is 87.1 cm³/mol. The van der Waals surface area contributed by atoms with Crippen LogP contribution < -0.4 is 0 Å². The summed E-state index contributed by atoms with van der Waals surface area (Å²) in [5.74, 6) is -0.626. The molecule has 0 atom stereocenters. The van der Waals surface area contributed by atoms with Gasteiger partial charge in [0.05, 0.1) is 23.4 Å². The molecule has 1 aromatic heterocycles. The van der Waals surface area contributed by atoms with Gasteiger partial charge in [0.1, 0.15) is 11.6 Å². The first-order chi connectivity index (χ1) is 12.1. The molecule has 0 saturated carbocycles. The number of imidazole rings is 1. The molecule has 0 aliphatic carbocycles. The van der Waals surface area contributed by atoms with Crippen molar-refractivity contribution < 1.29 is 22.4 Å². The summed E-state index contributed by atoms with van der Waals surface area (Å²) in [4.78, 5) is 18.5. The minimum Gasteiger partial charge on any atom is -0.334 e. The van der Waals surface area contributed by atoms with Crippen molar-refractivity contribution in [3.05, 3.63) is 52.4 Å². The van der Waals surface area contributed by atoms with Gasteiger partial charge in [0.15, 0.2) is 0 Å². The van der Waals surface area contributed by atoms with Crippen LogP contribution in [0, 0.1) is 5.82 Å². The number of fused-ring (bicyclic) bond motifs is 1. The van der Waals surface area contributed by atoms with Gasteiger partial charge in [0.2, 0.25) is 0 Å². The van der Waals surface area contributed by atoms with Gasteiger partial charge in [-0.2, -0.15) is 13.2 Å². The van der Waals surface area contributed by atoms with Crippen LogP contribution in [0.25, 0.3) is 0 Å². The van der Waals surface area contributed by atoms with Crippen molar-refractivity contribution in [2.75, 3.05) is 6.54 Å². The highest BCUT2D eigenvalue weighted by Gasteiger charge is 2.33. The van der Waals surface area contributed by atoms with Crippen molar-refractivity contribution in [3.8, 4) is 0 Å². The molecule has 0 fully saturated rings. The molecule has 140 valence electrons. The van der Waals surface area contributed by atoms with Crippen LogP contribution in [0.2, 0.25) is 0 Å². The third-order valence-electron chi connectivity index (χ3n) is 4.62. The third-order valence-corrected chi connectivity index (χ3v) is 4.62. The Balaban J connectivity index is 1.90. The topological polar surface area (TPSA) is 38.1 Å². The van der Waals surface area contributed by atoms with Gasteiger partial charge in [-0.15, -0.1) is 0 Å². The van der Waals surface area contributed by atoms with Crippen molar-refractivity contribution in [1.82, 2.24) is 14.5 Å². The zero-order valence-corrected chi connectivity index (χ0v) is 14.7. The molecule has 1 amide bonds. The first-order valence-electron chi connectivity index (χ1n) is 8.30. The van der Waals surface area contributed by atoms with Crippen LogP contribution in [-0.4, -0.2) is 26.9 Å². The number of halogens is 4. The van der Waals surface area contributed by atoms with E-state index in [0.29, 0.717) is 36.9 Å². The van der Waals surface area contributed by atoms with E-state index in [9.17, 15) is 22.4 Å². The van der Waals surface area contributed by atoms with E-state index in [2.05, 4.69) is 4.98 Å². The van der Waals surface area contributed by atoms with Gasteiger partial charge in [-0.05, 0) is 18.2 Å². The number of benzene rings is 1. The van der Waals surface area contributed by atoms with E-state index < -0.39 is 29.0 Å². The normalized spacial score (nSPS) is 14.7. The second-order valence-corrected chi connectivity index (χ2v) is 6.75. The molecule has 1 aromatic carbocycles. The van der Waals surface area contributed by atoms with E-state index in [1.165, 1.54) is 4.90 Å². The maximum atomic E-state index is 14.0. The summed E-state index contributed by atoms with van der Waals surface area (Å²) in [7, 11) is 1.91. The summed E-state index contributed by atoms with van der Waals surface area (Å²) in [6.45, 7) is 4.48. The minimum absolute atomic E-state index is 0.157. The molecule has 2 heterocycles. The SMILES string of the molecule is CC(C)c1nc2c(n1C)CCN(C(=O)c1cc(C(F)(F)F)ccc1F)C2. The van der Waals surface area contributed by atoms with Crippen LogP contribution in [0.3, 0.4) is 0 Å². The number of rotatable bonds is 2. The number of alkyl halides is 3. The average molecular weight is 369 g/mol. The Hall–Kier alpha value is -2.38. The van der Waals surface area contributed by atoms with Gasteiger partial charge >= 0.3 is 6.18 Å². The van der Waals surface area contributed by atoms with Gasteiger partial charge in [-0.1, -0.05) is 13.8 Å². The van der Waals surface area contributed by atoms with Gasteiger partial charge in [0.25, 0.3) is 5.91 Å².